The van der Waals surface area contributed by atoms with E-state index in [-0.39, 0.29) is 18.4 Å². The molecule has 44 heavy (non-hydrogen) atoms. The standard InChI is InChI=1S/C36H75O5PS2/c1-6-7-8-9-10-11-12-13-14-15-16-17-18-19-21-24-27-30-43-44-31-28-25-22-20-23-26-29-35(2,3)33-40-34-42(38,39)41-36(4,5)32-37/h37H,6-34H2,1-5H3,(H,38,39). The minimum absolute atomic E-state index is 0.0352. The third-order valence-corrected chi connectivity index (χ3v) is 12.1. The largest absolute Gasteiger partial charge is 0.393 e. The Morgan fingerprint density at radius 3 is 1.34 bits per heavy atom. The second-order valence-electron chi connectivity index (χ2n) is 14.5. The smallest absolute Gasteiger partial charge is 0.354 e. The van der Waals surface area contributed by atoms with Crippen molar-refractivity contribution in [3.63, 3.8) is 0 Å². The van der Waals surface area contributed by atoms with E-state index in [1.54, 1.807) is 13.8 Å². The van der Waals surface area contributed by atoms with Crippen LogP contribution in [0.4, 0.5) is 0 Å². The Kier molecular flexibility index (Phi) is 30.4. The summed E-state index contributed by atoms with van der Waals surface area (Å²) in [6.45, 7) is 9.85. The Bertz CT molecular complexity index is 662. The van der Waals surface area contributed by atoms with Crippen LogP contribution in [0, 0.1) is 5.41 Å². The first-order chi connectivity index (χ1) is 21.0. The topological polar surface area (TPSA) is 76.0 Å². The highest BCUT2D eigenvalue weighted by Gasteiger charge is 2.31. The number of aliphatic hydroxyl groups excluding tert-OH is 1. The molecule has 2 N–H and O–H groups in total. The van der Waals surface area contributed by atoms with Crippen molar-refractivity contribution in [2.45, 2.75) is 194 Å². The average Bonchev–Trinajstić information content (AvgIpc) is 2.96. The Morgan fingerprint density at radius 1 is 0.591 bits per heavy atom. The molecule has 0 amide bonds. The van der Waals surface area contributed by atoms with Gasteiger partial charge in [0.1, 0.15) is 6.35 Å². The average molecular weight is 683 g/mol. The van der Waals surface area contributed by atoms with E-state index in [4.69, 9.17) is 9.26 Å². The molecule has 5 nitrogen and oxygen atoms in total. The number of aliphatic hydroxyl groups is 1. The molecule has 0 bridgehead atoms. The zero-order valence-corrected chi connectivity index (χ0v) is 32.4. The molecule has 1 unspecified atom stereocenters. The van der Waals surface area contributed by atoms with Crippen LogP contribution < -0.4 is 0 Å². The summed E-state index contributed by atoms with van der Waals surface area (Å²) in [6, 6.07) is 0. The summed E-state index contributed by atoms with van der Waals surface area (Å²) in [7, 11) is 0.275. The van der Waals surface area contributed by atoms with Crippen LogP contribution in [-0.2, 0) is 13.8 Å². The molecule has 8 heteroatoms. The predicted octanol–water partition coefficient (Wildman–Crippen LogP) is 12.7. The van der Waals surface area contributed by atoms with Crippen molar-refractivity contribution < 1.29 is 23.8 Å². The lowest BCUT2D eigenvalue weighted by Crippen LogP contribution is -2.28. The van der Waals surface area contributed by atoms with Gasteiger partial charge in [-0.15, -0.1) is 0 Å². The molecule has 0 radical (unpaired) electrons. The molecule has 0 saturated carbocycles. The SMILES string of the molecule is CCCCCCCCCCCCCCCCCCCSSCCCCCCCCC(C)(C)COCP(=O)(O)OC(C)(C)CO. The zero-order chi connectivity index (χ0) is 32.8. The Labute approximate surface area is 282 Å². The molecule has 0 fully saturated rings. The normalized spacial score (nSPS) is 13.9. The van der Waals surface area contributed by atoms with E-state index in [2.05, 4.69) is 42.4 Å². The maximum atomic E-state index is 12.2. The van der Waals surface area contributed by atoms with Gasteiger partial charge in [0.25, 0.3) is 0 Å². The summed E-state index contributed by atoms with van der Waals surface area (Å²) in [6.07, 6.45) is 32.8. The molecule has 0 spiro atoms. The first-order valence-corrected chi connectivity index (χ1v) is 22.7. The molecule has 0 aliphatic rings. The van der Waals surface area contributed by atoms with Crippen LogP contribution in [0.2, 0.25) is 0 Å². The van der Waals surface area contributed by atoms with Crippen molar-refractivity contribution in [1.29, 1.82) is 0 Å². The van der Waals surface area contributed by atoms with Crippen LogP contribution in [0.1, 0.15) is 189 Å². The fourth-order valence-electron chi connectivity index (χ4n) is 5.43. The summed E-state index contributed by atoms with van der Waals surface area (Å²) in [5.74, 6) is 2.59. The van der Waals surface area contributed by atoms with Gasteiger partial charge in [0.15, 0.2) is 0 Å². The van der Waals surface area contributed by atoms with E-state index >= 15 is 0 Å². The first kappa shape index (κ1) is 44.8. The lowest BCUT2D eigenvalue weighted by molar-refractivity contribution is 0.0160. The third kappa shape index (κ3) is 32.7. The van der Waals surface area contributed by atoms with Gasteiger partial charge in [0.2, 0.25) is 0 Å². The summed E-state index contributed by atoms with van der Waals surface area (Å²) < 4.78 is 22.8. The molecule has 0 rings (SSSR count). The number of ether oxygens (including phenoxy) is 1. The Hall–Kier alpha value is 0.770. The van der Waals surface area contributed by atoms with Gasteiger partial charge in [-0.2, -0.15) is 0 Å². The van der Waals surface area contributed by atoms with Gasteiger partial charge < -0.3 is 14.7 Å². The fourth-order valence-corrected chi connectivity index (χ4v) is 8.92. The molecule has 0 aromatic carbocycles. The second kappa shape index (κ2) is 29.9. The maximum absolute atomic E-state index is 12.2. The van der Waals surface area contributed by atoms with E-state index in [1.165, 1.54) is 153 Å². The van der Waals surface area contributed by atoms with Gasteiger partial charge in [-0.1, -0.05) is 177 Å². The summed E-state index contributed by atoms with van der Waals surface area (Å²) >= 11 is 0. The van der Waals surface area contributed by atoms with Crippen LogP contribution in [0.5, 0.6) is 0 Å². The summed E-state index contributed by atoms with van der Waals surface area (Å²) in [4.78, 5) is 9.95. The predicted molar refractivity (Wildman–Crippen MR) is 198 cm³/mol. The van der Waals surface area contributed by atoms with Crippen LogP contribution >= 0.6 is 29.2 Å². The molecule has 266 valence electrons. The highest BCUT2D eigenvalue weighted by Crippen LogP contribution is 2.46. The molecular formula is C36H75O5PS2. The highest BCUT2D eigenvalue weighted by atomic mass is 33.1. The highest BCUT2D eigenvalue weighted by molar-refractivity contribution is 8.76. The van der Waals surface area contributed by atoms with E-state index < -0.39 is 13.2 Å². The van der Waals surface area contributed by atoms with Crippen molar-refractivity contribution in [2.24, 2.45) is 5.41 Å². The van der Waals surface area contributed by atoms with E-state index in [0.29, 0.717) is 6.61 Å². The second-order valence-corrected chi connectivity index (χ2v) is 18.9. The van der Waals surface area contributed by atoms with Crippen molar-refractivity contribution in [2.75, 3.05) is 31.1 Å². The first-order valence-electron chi connectivity index (χ1n) is 18.5. The van der Waals surface area contributed by atoms with Crippen molar-refractivity contribution in [3.8, 4) is 0 Å². The number of unbranched alkanes of at least 4 members (excludes halogenated alkanes) is 21. The molecule has 0 saturated heterocycles. The van der Waals surface area contributed by atoms with Gasteiger partial charge in [-0.25, -0.2) is 0 Å². The molecule has 0 aromatic heterocycles. The van der Waals surface area contributed by atoms with Crippen LogP contribution in [0.3, 0.4) is 0 Å². The minimum atomic E-state index is -3.88. The molecule has 1 atom stereocenters. The lowest BCUT2D eigenvalue weighted by Gasteiger charge is -2.28. The molecule has 0 aromatic rings. The van der Waals surface area contributed by atoms with Crippen LogP contribution in [0.25, 0.3) is 0 Å². The molecule has 0 heterocycles. The van der Waals surface area contributed by atoms with Crippen molar-refractivity contribution in [3.05, 3.63) is 0 Å². The van der Waals surface area contributed by atoms with Gasteiger partial charge in [-0.3, -0.25) is 9.09 Å². The number of hydrogen-bond acceptors (Lipinski definition) is 6. The quantitative estimate of drug-likeness (QED) is 0.0391. The molecular weight excluding hydrogens is 607 g/mol. The molecule has 0 aliphatic heterocycles. The lowest BCUT2D eigenvalue weighted by atomic mass is 9.88. The van der Waals surface area contributed by atoms with Gasteiger partial charge in [0.05, 0.1) is 18.8 Å². The maximum Gasteiger partial charge on any atom is 0.354 e. The van der Waals surface area contributed by atoms with Crippen LogP contribution in [0.15, 0.2) is 0 Å². The fraction of sp³-hybridized carbons (Fsp3) is 1.00. The Balaban J connectivity index is 3.36. The number of rotatable bonds is 35. The zero-order valence-electron chi connectivity index (χ0n) is 29.9. The van der Waals surface area contributed by atoms with E-state index in [1.807, 2.05) is 0 Å². The number of hydrogen-bond donors (Lipinski definition) is 2. The molecule has 0 aliphatic carbocycles. The van der Waals surface area contributed by atoms with Crippen LogP contribution in [-0.4, -0.2) is 46.7 Å². The van der Waals surface area contributed by atoms with Crippen molar-refractivity contribution >= 4 is 29.2 Å². The third-order valence-electron chi connectivity index (χ3n) is 8.26. The van der Waals surface area contributed by atoms with Gasteiger partial charge in [0, 0.05) is 11.5 Å². The summed E-state index contributed by atoms with van der Waals surface area (Å²) in [5, 5.41) is 9.23. The van der Waals surface area contributed by atoms with Gasteiger partial charge >= 0.3 is 7.60 Å². The monoisotopic (exact) mass is 682 g/mol. The van der Waals surface area contributed by atoms with Crippen molar-refractivity contribution in [1.82, 2.24) is 0 Å². The van der Waals surface area contributed by atoms with Gasteiger partial charge in [-0.05, 0) is 38.5 Å². The Morgan fingerprint density at radius 2 is 0.955 bits per heavy atom. The summed E-state index contributed by atoms with van der Waals surface area (Å²) in [5.41, 5.74) is -1.09. The van der Waals surface area contributed by atoms with E-state index in [9.17, 15) is 14.6 Å². The minimum Gasteiger partial charge on any atom is -0.393 e. The van der Waals surface area contributed by atoms with E-state index in [0.717, 1.165) is 12.8 Å².